The van der Waals surface area contributed by atoms with E-state index < -0.39 is 0 Å². The molecule has 0 aliphatic rings. The molecule has 0 saturated carbocycles. The van der Waals surface area contributed by atoms with Crippen LogP contribution in [0.2, 0.25) is 0 Å². The monoisotopic (exact) mass is 291 g/mol. The molecule has 1 aromatic rings. The summed E-state index contributed by atoms with van der Waals surface area (Å²) in [5.41, 5.74) is 1.45. The highest BCUT2D eigenvalue weighted by molar-refractivity contribution is 5.76. The molecule has 3 nitrogen and oxygen atoms in total. The van der Waals surface area contributed by atoms with E-state index >= 15 is 0 Å². The van der Waals surface area contributed by atoms with Crippen molar-refractivity contribution in [2.75, 3.05) is 6.61 Å². The maximum Gasteiger partial charge on any atom is 0.220 e. The van der Waals surface area contributed by atoms with E-state index in [1.807, 2.05) is 19.1 Å². The second kappa shape index (κ2) is 8.06. The number of rotatable bonds is 7. The van der Waals surface area contributed by atoms with Crippen molar-refractivity contribution in [1.29, 1.82) is 0 Å². The average molecular weight is 291 g/mol. The van der Waals surface area contributed by atoms with E-state index in [0.29, 0.717) is 13.0 Å². The zero-order valence-electron chi connectivity index (χ0n) is 14.0. The molecule has 1 rings (SSSR count). The van der Waals surface area contributed by atoms with Crippen molar-refractivity contribution in [3.63, 3.8) is 0 Å². The molecular formula is C18H29NO2. The minimum absolute atomic E-state index is 0.107. The van der Waals surface area contributed by atoms with Gasteiger partial charge in [-0.25, -0.2) is 0 Å². The van der Waals surface area contributed by atoms with Crippen molar-refractivity contribution in [1.82, 2.24) is 5.32 Å². The van der Waals surface area contributed by atoms with Crippen LogP contribution in [0.25, 0.3) is 0 Å². The molecule has 0 fully saturated rings. The molecule has 1 aromatic carbocycles. The van der Waals surface area contributed by atoms with Crippen molar-refractivity contribution in [3.05, 3.63) is 29.8 Å². The molecule has 118 valence electrons. The van der Waals surface area contributed by atoms with E-state index in [1.165, 1.54) is 5.56 Å². The third kappa shape index (κ3) is 6.65. The molecular weight excluding hydrogens is 262 g/mol. The molecule has 0 bridgehead atoms. The van der Waals surface area contributed by atoms with E-state index in [-0.39, 0.29) is 17.4 Å². The van der Waals surface area contributed by atoms with Gasteiger partial charge in [-0.05, 0) is 42.9 Å². The summed E-state index contributed by atoms with van der Waals surface area (Å²) >= 11 is 0. The average Bonchev–Trinajstić information content (AvgIpc) is 2.43. The third-order valence-corrected chi connectivity index (χ3v) is 3.56. The first-order chi connectivity index (χ1) is 9.82. The van der Waals surface area contributed by atoms with E-state index in [1.54, 1.807) is 0 Å². The van der Waals surface area contributed by atoms with Gasteiger partial charge < -0.3 is 10.1 Å². The Morgan fingerprint density at radius 1 is 1.24 bits per heavy atom. The van der Waals surface area contributed by atoms with Crippen LogP contribution >= 0.6 is 0 Å². The van der Waals surface area contributed by atoms with Crippen LogP contribution in [-0.4, -0.2) is 18.6 Å². The zero-order valence-corrected chi connectivity index (χ0v) is 14.0. The normalized spacial score (nSPS) is 12.8. The van der Waals surface area contributed by atoms with Gasteiger partial charge in [0.05, 0.1) is 6.61 Å². The van der Waals surface area contributed by atoms with Gasteiger partial charge in [-0.1, -0.05) is 39.8 Å². The summed E-state index contributed by atoms with van der Waals surface area (Å²) in [6.45, 7) is 11.2. The van der Waals surface area contributed by atoms with Gasteiger partial charge in [0.1, 0.15) is 5.75 Å². The van der Waals surface area contributed by atoms with Crippen LogP contribution < -0.4 is 10.1 Å². The van der Waals surface area contributed by atoms with E-state index in [0.717, 1.165) is 18.6 Å². The third-order valence-electron chi connectivity index (χ3n) is 3.56. The van der Waals surface area contributed by atoms with Crippen molar-refractivity contribution in [2.24, 2.45) is 0 Å². The molecule has 1 amide bonds. The summed E-state index contributed by atoms with van der Waals surface area (Å²) in [5.74, 6) is 0.973. The minimum Gasteiger partial charge on any atom is -0.494 e. The van der Waals surface area contributed by atoms with Gasteiger partial charge in [-0.3, -0.25) is 4.79 Å². The number of hydrogen-bond donors (Lipinski definition) is 1. The maximum atomic E-state index is 11.6. The summed E-state index contributed by atoms with van der Waals surface area (Å²) in [6.07, 6.45) is 2.22. The molecule has 0 spiro atoms. The predicted molar refractivity (Wildman–Crippen MR) is 87.8 cm³/mol. The Bertz CT molecular complexity index is 432. The van der Waals surface area contributed by atoms with Gasteiger partial charge >= 0.3 is 0 Å². The summed E-state index contributed by atoms with van der Waals surface area (Å²) < 4.78 is 5.68. The van der Waals surface area contributed by atoms with Gasteiger partial charge in [0.2, 0.25) is 5.91 Å². The Balaban J connectivity index is 2.28. The lowest BCUT2D eigenvalue weighted by Gasteiger charge is -2.19. The molecule has 21 heavy (non-hydrogen) atoms. The van der Waals surface area contributed by atoms with Crippen LogP contribution in [0.15, 0.2) is 24.3 Å². The molecule has 1 unspecified atom stereocenters. The maximum absolute atomic E-state index is 11.6. The number of benzene rings is 1. The molecule has 3 heteroatoms. The summed E-state index contributed by atoms with van der Waals surface area (Å²) in [4.78, 5) is 11.6. The number of hydrogen-bond acceptors (Lipinski definition) is 2. The first-order valence-electron chi connectivity index (χ1n) is 7.85. The molecule has 1 N–H and O–H groups in total. The van der Waals surface area contributed by atoms with Crippen molar-refractivity contribution < 1.29 is 9.53 Å². The zero-order chi connectivity index (χ0) is 15.9. The Morgan fingerprint density at radius 2 is 1.86 bits per heavy atom. The standard InChI is InChI=1S/C18H29NO2/c1-6-14(2)19-17(20)8-7-13-21-16-11-9-15(10-12-16)18(3,4)5/h9-12,14H,6-8,13H2,1-5H3,(H,19,20). The molecule has 1 atom stereocenters. The van der Waals surface area contributed by atoms with E-state index in [2.05, 4.69) is 45.1 Å². The van der Waals surface area contributed by atoms with Gasteiger partial charge in [0.15, 0.2) is 0 Å². The van der Waals surface area contributed by atoms with Crippen LogP contribution in [0.4, 0.5) is 0 Å². The van der Waals surface area contributed by atoms with Crippen LogP contribution in [0.5, 0.6) is 5.75 Å². The largest absolute Gasteiger partial charge is 0.494 e. The highest BCUT2D eigenvalue weighted by Crippen LogP contribution is 2.24. The summed E-state index contributed by atoms with van der Waals surface area (Å²) in [6, 6.07) is 8.46. The Hall–Kier alpha value is -1.51. The number of ether oxygens (including phenoxy) is 1. The predicted octanol–water partition coefficient (Wildman–Crippen LogP) is 4.06. The lowest BCUT2D eigenvalue weighted by atomic mass is 9.87. The van der Waals surface area contributed by atoms with Crippen LogP contribution in [0.3, 0.4) is 0 Å². The number of amides is 1. The van der Waals surface area contributed by atoms with Crippen molar-refractivity contribution in [3.8, 4) is 5.75 Å². The second-order valence-electron chi connectivity index (χ2n) is 6.60. The SMILES string of the molecule is CCC(C)NC(=O)CCCOc1ccc(C(C)(C)C)cc1. The molecule has 0 saturated heterocycles. The van der Waals surface area contributed by atoms with Gasteiger partial charge in [0.25, 0.3) is 0 Å². The highest BCUT2D eigenvalue weighted by Gasteiger charge is 2.13. The van der Waals surface area contributed by atoms with Gasteiger partial charge in [-0.2, -0.15) is 0 Å². The van der Waals surface area contributed by atoms with Crippen molar-refractivity contribution >= 4 is 5.91 Å². The highest BCUT2D eigenvalue weighted by atomic mass is 16.5. The molecule has 0 aliphatic carbocycles. The summed E-state index contributed by atoms with van der Waals surface area (Å²) in [7, 11) is 0. The summed E-state index contributed by atoms with van der Waals surface area (Å²) in [5, 5.41) is 2.96. The lowest BCUT2D eigenvalue weighted by Crippen LogP contribution is -2.31. The van der Waals surface area contributed by atoms with Gasteiger partial charge in [-0.15, -0.1) is 0 Å². The fourth-order valence-electron chi connectivity index (χ4n) is 1.92. The van der Waals surface area contributed by atoms with E-state index in [4.69, 9.17) is 4.74 Å². The number of carbonyl (C=O) groups excluding carboxylic acids is 1. The fraction of sp³-hybridized carbons (Fsp3) is 0.611. The first kappa shape index (κ1) is 17.5. The topological polar surface area (TPSA) is 38.3 Å². The smallest absolute Gasteiger partial charge is 0.220 e. The second-order valence-corrected chi connectivity index (χ2v) is 6.60. The van der Waals surface area contributed by atoms with Crippen LogP contribution in [-0.2, 0) is 10.2 Å². The van der Waals surface area contributed by atoms with Crippen LogP contribution in [0, 0.1) is 0 Å². The first-order valence-corrected chi connectivity index (χ1v) is 7.85. The Morgan fingerprint density at radius 3 is 2.38 bits per heavy atom. The molecule has 0 radical (unpaired) electrons. The quantitative estimate of drug-likeness (QED) is 0.769. The lowest BCUT2D eigenvalue weighted by molar-refractivity contribution is -0.121. The number of nitrogens with one attached hydrogen (secondary N) is 1. The fourth-order valence-corrected chi connectivity index (χ4v) is 1.92. The Labute approximate surface area is 129 Å². The molecule has 0 heterocycles. The van der Waals surface area contributed by atoms with Gasteiger partial charge in [0, 0.05) is 12.5 Å². The minimum atomic E-state index is 0.107. The molecule has 0 aromatic heterocycles. The van der Waals surface area contributed by atoms with Crippen LogP contribution in [0.1, 0.15) is 59.4 Å². The van der Waals surface area contributed by atoms with Crippen molar-refractivity contribution in [2.45, 2.75) is 65.3 Å². The Kier molecular flexibility index (Phi) is 6.73. The van der Waals surface area contributed by atoms with E-state index in [9.17, 15) is 4.79 Å². The number of carbonyl (C=O) groups is 1. The molecule has 0 aliphatic heterocycles.